The minimum Gasteiger partial charge on any atom is -0.495 e. The average molecular weight is 526 g/mol. The van der Waals surface area contributed by atoms with Crippen LogP contribution < -0.4 is 15.0 Å². The molecule has 3 heterocycles. The molecule has 0 spiro atoms. The molecule has 1 N–H and O–H groups in total. The smallest absolute Gasteiger partial charge is 0.306 e. The van der Waals surface area contributed by atoms with Crippen molar-refractivity contribution < 1.29 is 18.7 Å². The SMILES string of the molecule is COC(=O)CC1(C)CN(c2nc(Nc3cc4c(cc3OC)CCN(C)C4)ncc2Cl)c2cc(F)ccc21. The van der Waals surface area contributed by atoms with Gasteiger partial charge in [0.25, 0.3) is 0 Å². The number of halogens is 2. The molecule has 194 valence electrons. The molecule has 1 aromatic heterocycles. The van der Waals surface area contributed by atoms with Gasteiger partial charge >= 0.3 is 5.97 Å². The number of rotatable bonds is 6. The average Bonchev–Trinajstić information content (AvgIpc) is 3.15. The Morgan fingerprint density at radius 1 is 1.24 bits per heavy atom. The lowest BCUT2D eigenvalue weighted by Crippen LogP contribution is -2.32. The molecule has 2 aliphatic rings. The fourth-order valence-corrected chi connectivity index (χ4v) is 5.40. The molecular formula is C27H29ClFN5O3. The second-order valence-electron chi connectivity index (χ2n) is 9.86. The van der Waals surface area contributed by atoms with Gasteiger partial charge in [-0.3, -0.25) is 4.79 Å². The number of esters is 1. The first-order valence-corrected chi connectivity index (χ1v) is 12.4. The maximum Gasteiger partial charge on any atom is 0.306 e. The summed E-state index contributed by atoms with van der Waals surface area (Å²) in [6.45, 7) is 4.16. The van der Waals surface area contributed by atoms with Crippen molar-refractivity contribution in [3.05, 3.63) is 64.1 Å². The molecule has 0 bridgehead atoms. The van der Waals surface area contributed by atoms with E-state index in [0.717, 1.165) is 30.8 Å². The Kier molecular flexibility index (Phi) is 6.68. The highest BCUT2D eigenvalue weighted by Crippen LogP contribution is 2.47. The summed E-state index contributed by atoms with van der Waals surface area (Å²) in [5.41, 5.74) is 4.03. The lowest BCUT2D eigenvalue weighted by Gasteiger charge is -2.26. The Morgan fingerprint density at radius 3 is 2.81 bits per heavy atom. The number of ether oxygens (including phenoxy) is 2. The van der Waals surface area contributed by atoms with Gasteiger partial charge in [0.05, 0.1) is 32.5 Å². The van der Waals surface area contributed by atoms with E-state index in [9.17, 15) is 9.18 Å². The lowest BCUT2D eigenvalue weighted by atomic mass is 9.81. The third kappa shape index (κ3) is 4.81. The van der Waals surface area contributed by atoms with E-state index in [-0.39, 0.29) is 12.4 Å². The molecular weight excluding hydrogens is 497 g/mol. The Morgan fingerprint density at radius 2 is 2.05 bits per heavy atom. The second-order valence-corrected chi connectivity index (χ2v) is 10.3. The fraction of sp³-hybridized carbons (Fsp3) is 0.370. The van der Waals surface area contributed by atoms with Gasteiger partial charge in [0, 0.05) is 30.7 Å². The molecule has 8 nitrogen and oxygen atoms in total. The summed E-state index contributed by atoms with van der Waals surface area (Å²) in [5, 5.41) is 3.59. The van der Waals surface area contributed by atoms with Crippen molar-refractivity contribution in [1.82, 2.24) is 14.9 Å². The highest BCUT2D eigenvalue weighted by Gasteiger charge is 2.42. The summed E-state index contributed by atoms with van der Waals surface area (Å²) >= 11 is 6.57. The van der Waals surface area contributed by atoms with Crippen LogP contribution in [-0.4, -0.2) is 55.2 Å². The van der Waals surface area contributed by atoms with Gasteiger partial charge in [-0.2, -0.15) is 4.98 Å². The van der Waals surface area contributed by atoms with E-state index in [1.54, 1.807) is 13.2 Å². The summed E-state index contributed by atoms with van der Waals surface area (Å²) in [7, 11) is 5.09. The molecule has 10 heteroatoms. The molecule has 0 radical (unpaired) electrons. The van der Waals surface area contributed by atoms with Crippen LogP contribution in [0.3, 0.4) is 0 Å². The molecule has 0 saturated heterocycles. The monoisotopic (exact) mass is 525 g/mol. The number of carbonyl (C=O) groups excluding carboxylic acids is 1. The molecule has 0 aliphatic carbocycles. The Bertz CT molecular complexity index is 1370. The number of nitrogens with zero attached hydrogens (tertiary/aromatic N) is 4. The standard InChI is InChI=1S/C27H29ClFN5O3/c1-27(12-24(35)37-4)15-34(22-11-18(29)5-6-19(22)27)25-20(28)13-30-26(32-25)31-21-9-17-14-33(2)8-7-16(17)10-23(21)36-3/h5-6,9-11,13H,7-8,12,14-15H2,1-4H3,(H,30,31,32). The topological polar surface area (TPSA) is 79.8 Å². The van der Waals surface area contributed by atoms with Crippen LogP contribution in [-0.2, 0) is 27.9 Å². The predicted molar refractivity (Wildman–Crippen MR) is 141 cm³/mol. The van der Waals surface area contributed by atoms with Crippen LogP contribution in [0.1, 0.15) is 30.0 Å². The van der Waals surface area contributed by atoms with Crippen molar-refractivity contribution >= 4 is 40.7 Å². The number of benzene rings is 2. The molecule has 1 unspecified atom stereocenters. The quantitative estimate of drug-likeness (QED) is 0.451. The van der Waals surface area contributed by atoms with Crippen molar-refractivity contribution in [2.75, 3.05) is 44.6 Å². The first kappa shape index (κ1) is 25.2. The fourth-order valence-electron chi connectivity index (χ4n) is 5.21. The summed E-state index contributed by atoms with van der Waals surface area (Å²) < 4.78 is 24.9. The highest BCUT2D eigenvalue weighted by atomic mass is 35.5. The van der Waals surface area contributed by atoms with Crippen LogP contribution in [0.5, 0.6) is 5.75 Å². The number of methoxy groups -OCH3 is 2. The van der Waals surface area contributed by atoms with E-state index in [2.05, 4.69) is 34.4 Å². The predicted octanol–water partition coefficient (Wildman–Crippen LogP) is 4.98. The first-order chi connectivity index (χ1) is 17.7. The van der Waals surface area contributed by atoms with Crippen molar-refractivity contribution in [2.24, 2.45) is 0 Å². The minimum atomic E-state index is -0.619. The number of hydrogen-bond donors (Lipinski definition) is 1. The summed E-state index contributed by atoms with van der Waals surface area (Å²) in [5.74, 6) is 0.694. The largest absolute Gasteiger partial charge is 0.495 e. The number of fused-ring (bicyclic) bond motifs is 2. The molecule has 0 amide bonds. The van der Waals surface area contributed by atoms with Gasteiger partial charge in [-0.25, -0.2) is 9.37 Å². The molecule has 3 aromatic rings. The molecule has 2 aromatic carbocycles. The number of carbonyl (C=O) groups is 1. The van der Waals surface area contributed by atoms with Gasteiger partial charge in [-0.1, -0.05) is 24.6 Å². The van der Waals surface area contributed by atoms with Crippen LogP contribution in [0, 0.1) is 5.82 Å². The third-order valence-corrected chi connectivity index (χ3v) is 7.39. The van der Waals surface area contributed by atoms with Crippen LogP contribution in [0.25, 0.3) is 0 Å². The van der Waals surface area contributed by atoms with Crippen LogP contribution in [0.2, 0.25) is 5.02 Å². The van der Waals surface area contributed by atoms with E-state index in [1.165, 1.54) is 36.6 Å². The Hall–Kier alpha value is -3.43. The maximum absolute atomic E-state index is 14.3. The van der Waals surface area contributed by atoms with Gasteiger partial charge < -0.3 is 24.6 Å². The number of anilines is 4. The van der Waals surface area contributed by atoms with Gasteiger partial charge in [0.1, 0.15) is 16.6 Å². The van der Waals surface area contributed by atoms with E-state index in [0.29, 0.717) is 34.8 Å². The zero-order valence-electron chi connectivity index (χ0n) is 21.3. The van der Waals surface area contributed by atoms with Crippen molar-refractivity contribution in [1.29, 1.82) is 0 Å². The highest BCUT2D eigenvalue weighted by molar-refractivity contribution is 6.33. The van der Waals surface area contributed by atoms with E-state index < -0.39 is 11.2 Å². The number of aromatic nitrogens is 2. The Labute approximate surface area is 220 Å². The molecule has 0 saturated carbocycles. The second kappa shape index (κ2) is 9.79. The van der Waals surface area contributed by atoms with Crippen LogP contribution in [0.4, 0.5) is 27.5 Å². The van der Waals surface area contributed by atoms with Crippen molar-refractivity contribution in [3.8, 4) is 5.75 Å². The molecule has 37 heavy (non-hydrogen) atoms. The summed E-state index contributed by atoms with van der Waals surface area (Å²) in [4.78, 5) is 25.4. The van der Waals surface area contributed by atoms with Gasteiger partial charge in [-0.15, -0.1) is 0 Å². The summed E-state index contributed by atoms with van der Waals surface area (Å²) in [6.07, 6.45) is 2.60. The summed E-state index contributed by atoms with van der Waals surface area (Å²) in [6, 6.07) is 8.66. The number of likely N-dealkylation sites (N-methyl/N-ethyl adjacent to an activating group) is 1. The molecule has 0 fully saturated rings. The third-order valence-electron chi connectivity index (χ3n) is 7.12. The molecule has 2 aliphatic heterocycles. The Balaban J connectivity index is 1.51. The zero-order valence-corrected chi connectivity index (χ0v) is 22.0. The van der Waals surface area contributed by atoms with Crippen molar-refractivity contribution in [3.63, 3.8) is 0 Å². The zero-order chi connectivity index (χ0) is 26.3. The molecule has 5 rings (SSSR count). The lowest BCUT2D eigenvalue weighted by molar-refractivity contribution is -0.141. The van der Waals surface area contributed by atoms with Gasteiger partial charge in [0.2, 0.25) is 5.95 Å². The van der Waals surface area contributed by atoms with Gasteiger partial charge in [-0.05, 0) is 54.4 Å². The van der Waals surface area contributed by atoms with Crippen LogP contribution >= 0.6 is 11.6 Å². The number of hydrogen-bond acceptors (Lipinski definition) is 8. The van der Waals surface area contributed by atoms with E-state index in [4.69, 9.17) is 26.1 Å². The van der Waals surface area contributed by atoms with Crippen molar-refractivity contribution in [2.45, 2.75) is 31.7 Å². The maximum atomic E-state index is 14.3. The minimum absolute atomic E-state index is 0.132. The molecule has 1 atom stereocenters. The normalized spacial score (nSPS) is 18.8. The van der Waals surface area contributed by atoms with E-state index in [1.807, 2.05) is 11.8 Å². The van der Waals surface area contributed by atoms with E-state index >= 15 is 0 Å². The van der Waals surface area contributed by atoms with Gasteiger partial charge in [0.15, 0.2) is 5.82 Å². The van der Waals surface area contributed by atoms with Crippen LogP contribution in [0.15, 0.2) is 36.5 Å². The number of nitrogens with one attached hydrogen (secondary N) is 1. The first-order valence-electron chi connectivity index (χ1n) is 12.0.